The van der Waals surface area contributed by atoms with E-state index < -0.39 is 7.14 Å². The first-order chi connectivity index (χ1) is 12.3. The van der Waals surface area contributed by atoms with Crippen LogP contribution in [0, 0.1) is 0 Å². The van der Waals surface area contributed by atoms with Crippen LogP contribution < -0.4 is 16.0 Å². The number of aromatic nitrogens is 3. The predicted molar refractivity (Wildman–Crippen MR) is 101 cm³/mol. The molecular formula is C20H16N3OP. The van der Waals surface area contributed by atoms with Crippen LogP contribution in [0.3, 0.4) is 0 Å². The first-order valence-corrected chi connectivity index (χ1v) is 9.69. The molecule has 0 saturated carbocycles. The molecule has 0 bridgehead atoms. The lowest BCUT2D eigenvalue weighted by molar-refractivity contribution is 0.592. The molecule has 0 fully saturated rings. The SMILES string of the molecule is O=P(c1ccccc1)(c1ccccc1)c1cn(-c2ccccc2)nn1. The summed E-state index contributed by atoms with van der Waals surface area (Å²) < 4.78 is 15.8. The molecule has 4 aromatic rings. The topological polar surface area (TPSA) is 47.8 Å². The second kappa shape index (κ2) is 6.50. The predicted octanol–water partition coefficient (Wildman–Crippen LogP) is 2.91. The average molecular weight is 345 g/mol. The fourth-order valence-corrected chi connectivity index (χ4v) is 5.24. The van der Waals surface area contributed by atoms with Crippen LogP contribution in [0.25, 0.3) is 5.69 Å². The number of nitrogens with zero attached hydrogens (tertiary/aromatic N) is 3. The Bertz CT molecular complexity index is 971. The van der Waals surface area contributed by atoms with Gasteiger partial charge < -0.3 is 4.57 Å². The molecular weight excluding hydrogens is 329 g/mol. The van der Waals surface area contributed by atoms with E-state index >= 15 is 0 Å². The monoisotopic (exact) mass is 345 g/mol. The van der Waals surface area contributed by atoms with Crippen molar-refractivity contribution in [2.75, 3.05) is 0 Å². The van der Waals surface area contributed by atoms with Crippen molar-refractivity contribution in [2.45, 2.75) is 0 Å². The van der Waals surface area contributed by atoms with E-state index in [2.05, 4.69) is 10.3 Å². The average Bonchev–Trinajstić information content (AvgIpc) is 3.20. The number of hydrogen-bond acceptors (Lipinski definition) is 3. The highest BCUT2D eigenvalue weighted by Gasteiger charge is 2.32. The van der Waals surface area contributed by atoms with Gasteiger partial charge in [-0.2, -0.15) is 0 Å². The molecule has 0 amide bonds. The summed E-state index contributed by atoms with van der Waals surface area (Å²) >= 11 is 0. The molecule has 0 saturated heterocycles. The highest BCUT2D eigenvalue weighted by atomic mass is 31.2. The zero-order chi connectivity index (χ0) is 17.1. The van der Waals surface area contributed by atoms with Gasteiger partial charge in [-0.15, -0.1) is 5.10 Å². The Morgan fingerprint density at radius 2 is 1.16 bits per heavy atom. The highest BCUT2D eigenvalue weighted by Crippen LogP contribution is 2.41. The van der Waals surface area contributed by atoms with Crippen molar-refractivity contribution in [3.63, 3.8) is 0 Å². The second-order valence-corrected chi connectivity index (χ2v) is 8.35. The Morgan fingerprint density at radius 3 is 1.68 bits per heavy atom. The van der Waals surface area contributed by atoms with Gasteiger partial charge in [0.1, 0.15) is 0 Å². The molecule has 0 aliphatic heterocycles. The molecule has 1 heterocycles. The Balaban J connectivity index is 1.89. The van der Waals surface area contributed by atoms with Gasteiger partial charge in [-0.05, 0) is 12.1 Å². The summed E-state index contributed by atoms with van der Waals surface area (Å²) in [5, 5.41) is 9.97. The van der Waals surface area contributed by atoms with Crippen LogP contribution in [0.4, 0.5) is 0 Å². The smallest absolute Gasteiger partial charge is 0.192 e. The first-order valence-electron chi connectivity index (χ1n) is 7.98. The molecule has 122 valence electrons. The van der Waals surface area contributed by atoms with E-state index in [1.807, 2.05) is 91.0 Å². The maximum atomic E-state index is 14.1. The molecule has 4 nitrogen and oxygen atoms in total. The molecule has 4 rings (SSSR count). The van der Waals surface area contributed by atoms with Crippen molar-refractivity contribution < 1.29 is 4.57 Å². The first kappa shape index (κ1) is 15.6. The maximum Gasteiger partial charge on any atom is 0.192 e. The number of para-hydroxylation sites is 1. The third-order valence-corrected chi connectivity index (χ3v) is 6.97. The molecule has 1 aromatic heterocycles. The normalized spacial score (nSPS) is 11.4. The van der Waals surface area contributed by atoms with Crippen LogP contribution in [0.1, 0.15) is 0 Å². The zero-order valence-electron chi connectivity index (χ0n) is 13.4. The molecule has 0 unspecified atom stereocenters. The van der Waals surface area contributed by atoms with Crippen molar-refractivity contribution in [1.29, 1.82) is 0 Å². The van der Waals surface area contributed by atoms with E-state index in [0.717, 1.165) is 16.3 Å². The van der Waals surface area contributed by atoms with Crippen LogP contribution in [0.5, 0.6) is 0 Å². The van der Waals surface area contributed by atoms with Gasteiger partial charge in [0.15, 0.2) is 12.6 Å². The minimum Gasteiger partial charge on any atom is -0.307 e. The Morgan fingerprint density at radius 1 is 0.680 bits per heavy atom. The van der Waals surface area contributed by atoms with Crippen LogP contribution in [-0.4, -0.2) is 15.0 Å². The quantitative estimate of drug-likeness (QED) is 0.534. The molecule has 0 spiro atoms. The molecule has 0 radical (unpaired) electrons. The van der Waals surface area contributed by atoms with Crippen molar-refractivity contribution in [3.05, 3.63) is 97.2 Å². The number of benzene rings is 3. The summed E-state index contributed by atoms with van der Waals surface area (Å²) in [4.78, 5) is 0. The van der Waals surface area contributed by atoms with E-state index in [9.17, 15) is 4.57 Å². The van der Waals surface area contributed by atoms with Crippen LogP contribution in [-0.2, 0) is 4.57 Å². The van der Waals surface area contributed by atoms with Gasteiger partial charge in [0.2, 0.25) is 0 Å². The highest BCUT2D eigenvalue weighted by molar-refractivity contribution is 7.85. The third kappa shape index (κ3) is 2.81. The van der Waals surface area contributed by atoms with E-state index in [0.29, 0.717) is 5.44 Å². The standard InChI is InChI=1S/C20H16N3OP/c24-25(18-12-6-2-7-13-18,19-14-8-3-9-15-19)20-16-23(22-21-20)17-10-4-1-5-11-17/h1-16H. The maximum absolute atomic E-state index is 14.1. The lowest BCUT2D eigenvalue weighted by atomic mass is 10.3. The number of rotatable bonds is 4. The Kier molecular flexibility index (Phi) is 4.04. The van der Waals surface area contributed by atoms with Crippen LogP contribution in [0.2, 0.25) is 0 Å². The molecule has 3 aromatic carbocycles. The van der Waals surface area contributed by atoms with E-state index in [4.69, 9.17) is 0 Å². The van der Waals surface area contributed by atoms with Gasteiger partial charge in [-0.1, -0.05) is 84.1 Å². The summed E-state index contributed by atoms with van der Waals surface area (Å²) in [5.41, 5.74) is 1.36. The van der Waals surface area contributed by atoms with Crippen molar-refractivity contribution in [3.8, 4) is 5.69 Å². The molecule has 0 atom stereocenters. The zero-order valence-corrected chi connectivity index (χ0v) is 14.3. The fourth-order valence-electron chi connectivity index (χ4n) is 2.80. The molecule has 0 aliphatic rings. The van der Waals surface area contributed by atoms with Gasteiger partial charge in [0.25, 0.3) is 0 Å². The van der Waals surface area contributed by atoms with E-state index in [1.165, 1.54) is 0 Å². The van der Waals surface area contributed by atoms with Gasteiger partial charge in [-0.25, -0.2) is 4.68 Å². The van der Waals surface area contributed by atoms with E-state index in [1.54, 1.807) is 10.9 Å². The van der Waals surface area contributed by atoms with Crippen molar-refractivity contribution in [2.24, 2.45) is 0 Å². The lowest BCUT2D eigenvalue weighted by Crippen LogP contribution is -2.25. The third-order valence-electron chi connectivity index (χ3n) is 4.06. The van der Waals surface area contributed by atoms with Gasteiger partial charge in [0.05, 0.1) is 11.9 Å². The fraction of sp³-hybridized carbons (Fsp3) is 0. The molecule has 25 heavy (non-hydrogen) atoms. The lowest BCUT2D eigenvalue weighted by Gasteiger charge is -2.16. The molecule has 5 heteroatoms. The van der Waals surface area contributed by atoms with Crippen molar-refractivity contribution >= 4 is 23.2 Å². The minimum atomic E-state index is -3.07. The number of hydrogen-bond donors (Lipinski definition) is 0. The summed E-state index contributed by atoms with van der Waals surface area (Å²) in [6, 6.07) is 28.6. The minimum absolute atomic E-state index is 0.480. The molecule has 0 N–H and O–H groups in total. The summed E-state index contributed by atoms with van der Waals surface area (Å²) in [7, 11) is -3.07. The summed E-state index contributed by atoms with van der Waals surface area (Å²) in [6.45, 7) is 0. The molecule has 0 aliphatic carbocycles. The largest absolute Gasteiger partial charge is 0.307 e. The van der Waals surface area contributed by atoms with Crippen molar-refractivity contribution in [1.82, 2.24) is 15.0 Å². The van der Waals surface area contributed by atoms with Crippen LogP contribution >= 0.6 is 7.14 Å². The second-order valence-electron chi connectivity index (χ2n) is 5.64. The Labute approximate surface area is 146 Å². The summed E-state index contributed by atoms with van der Waals surface area (Å²) in [6.07, 6.45) is 1.76. The van der Waals surface area contributed by atoms with Crippen LogP contribution in [0.15, 0.2) is 97.2 Å². The van der Waals surface area contributed by atoms with Gasteiger partial charge in [0, 0.05) is 10.6 Å². The van der Waals surface area contributed by atoms with E-state index in [-0.39, 0.29) is 0 Å². The summed E-state index contributed by atoms with van der Waals surface area (Å²) in [5.74, 6) is 0. The van der Waals surface area contributed by atoms with Gasteiger partial charge >= 0.3 is 0 Å². The van der Waals surface area contributed by atoms with Gasteiger partial charge in [-0.3, -0.25) is 0 Å². The Hall–Kier alpha value is -2.97.